The number of phenols is 1. The number of hydrogen-bond acceptors (Lipinski definition) is 4. The third-order valence-electron chi connectivity index (χ3n) is 1.62. The maximum absolute atomic E-state index is 9.04. The minimum Gasteiger partial charge on any atom is -0.508 e. The van der Waals surface area contributed by atoms with Crippen molar-refractivity contribution in [1.82, 2.24) is 14.9 Å². The molecule has 2 rings (SSSR count). The Morgan fingerprint density at radius 3 is 2.71 bits per heavy atom. The fraction of sp³-hybridized carbons (Fsp3) is 0. The van der Waals surface area contributed by atoms with Crippen molar-refractivity contribution in [1.29, 1.82) is 0 Å². The Labute approximate surface area is 80.3 Å². The van der Waals surface area contributed by atoms with Crippen molar-refractivity contribution in [3.8, 4) is 5.75 Å². The molecule has 14 heavy (non-hydrogen) atoms. The van der Waals surface area contributed by atoms with Gasteiger partial charge in [0.15, 0.2) is 0 Å². The van der Waals surface area contributed by atoms with E-state index in [0.29, 0.717) is 0 Å². The number of nitrogens with zero attached hydrogens (tertiary/aromatic N) is 4. The van der Waals surface area contributed by atoms with Crippen LogP contribution < -0.4 is 0 Å². The van der Waals surface area contributed by atoms with E-state index in [1.807, 2.05) is 0 Å². The molecule has 0 saturated carbocycles. The summed E-state index contributed by atoms with van der Waals surface area (Å²) >= 11 is 0. The van der Waals surface area contributed by atoms with Crippen LogP contribution in [0.3, 0.4) is 0 Å². The van der Waals surface area contributed by atoms with E-state index >= 15 is 0 Å². The van der Waals surface area contributed by atoms with E-state index in [1.54, 1.807) is 30.5 Å². The number of aromatic hydroxyl groups is 1. The molecule has 1 aromatic carbocycles. The van der Waals surface area contributed by atoms with Gasteiger partial charge in [0.2, 0.25) is 0 Å². The monoisotopic (exact) mass is 188 g/mol. The molecule has 1 N–H and O–H groups in total. The first-order valence-corrected chi connectivity index (χ1v) is 4.02. The number of benzene rings is 1. The summed E-state index contributed by atoms with van der Waals surface area (Å²) in [7, 11) is 0. The van der Waals surface area contributed by atoms with Crippen molar-refractivity contribution in [3.63, 3.8) is 0 Å². The smallest absolute Gasteiger partial charge is 0.139 e. The van der Waals surface area contributed by atoms with Crippen LogP contribution in [0.1, 0.15) is 5.56 Å². The molecule has 1 aromatic heterocycles. The van der Waals surface area contributed by atoms with Gasteiger partial charge in [-0.25, -0.2) is 4.98 Å². The Bertz CT molecular complexity index is 419. The van der Waals surface area contributed by atoms with Crippen LogP contribution in [0, 0.1) is 0 Å². The molecule has 0 aliphatic carbocycles. The average molecular weight is 188 g/mol. The van der Waals surface area contributed by atoms with Gasteiger partial charge in [-0.2, -0.15) is 5.10 Å². The number of hydrogen-bond donors (Lipinski definition) is 1. The molecule has 0 saturated heterocycles. The molecule has 0 radical (unpaired) electrons. The third kappa shape index (κ3) is 1.95. The van der Waals surface area contributed by atoms with Crippen molar-refractivity contribution >= 4 is 6.21 Å². The molecular weight excluding hydrogens is 180 g/mol. The summed E-state index contributed by atoms with van der Waals surface area (Å²) in [5, 5.41) is 16.8. The summed E-state index contributed by atoms with van der Waals surface area (Å²) in [5.41, 5.74) is 0.887. The summed E-state index contributed by atoms with van der Waals surface area (Å²) in [5.74, 6) is 0.239. The predicted octanol–water partition coefficient (Wildman–Crippen LogP) is 0.866. The Morgan fingerprint density at radius 1 is 1.29 bits per heavy atom. The fourth-order valence-electron chi connectivity index (χ4n) is 0.948. The normalized spacial score (nSPS) is 10.9. The van der Waals surface area contributed by atoms with E-state index in [-0.39, 0.29) is 5.75 Å². The van der Waals surface area contributed by atoms with Gasteiger partial charge in [-0.15, -0.1) is 9.89 Å². The zero-order valence-corrected chi connectivity index (χ0v) is 7.28. The van der Waals surface area contributed by atoms with Crippen LogP contribution in [-0.4, -0.2) is 26.2 Å². The highest BCUT2D eigenvalue weighted by molar-refractivity contribution is 5.79. The molecule has 0 fully saturated rings. The summed E-state index contributed by atoms with van der Waals surface area (Å²) in [6, 6.07) is 6.72. The lowest BCUT2D eigenvalue weighted by molar-refractivity contribution is 0.475. The van der Waals surface area contributed by atoms with E-state index in [0.717, 1.165) is 5.56 Å². The fourth-order valence-corrected chi connectivity index (χ4v) is 0.948. The molecule has 2 aromatic rings. The zero-order valence-electron chi connectivity index (χ0n) is 7.28. The summed E-state index contributed by atoms with van der Waals surface area (Å²) in [6.07, 6.45) is 4.54. The van der Waals surface area contributed by atoms with E-state index in [1.165, 1.54) is 17.4 Å². The van der Waals surface area contributed by atoms with Crippen LogP contribution in [0.25, 0.3) is 0 Å². The topological polar surface area (TPSA) is 63.3 Å². The van der Waals surface area contributed by atoms with Gasteiger partial charge in [-0.05, 0) is 29.8 Å². The van der Waals surface area contributed by atoms with Crippen LogP contribution in [0.5, 0.6) is 5.75 Å². The van der Waals surface area contributed by atoms with Gasteiger partial charge in [0, 0.05) is 0 Å². The van der Waals surface area contributed by atoms with Crippen molar-refractivity contribution < 1.29 is 5.11 Å². The minimum absolute atomic E-state index is 0.239. The second kappa shape index (κ2) is 3.69. The predicted molar refractivity (Wildman–Crippen MR) is 51.1 cm³/mol. The lowest BCUT2D eigenvalue weighted by atomic mass is 10.2. The Balaban J connectivity index is 2.15. The molecular formula is C9H8N4O. The molecule has 0 aliphatic heterocycles. The van der Waals surface area contributed by atoms with Crippen LogP contribution in [0.2, 0.25) is 0 Å². The Kier molecular flexibility index (Phi) is 2.22. The molecule has 0 atom stereocenters. The average Bonchev–Trinajstić information content (AvgIpc) is 2.70. The van der Waals surface area contributed by atoms with Gasteiger partial charge in [-0.1, -0.05) is 0 Å². The van der Waals surface area contributed by atoms with Crippen molar-refractivity contribution in [2.45, 2.75) is 0 Å². The molecule has 0 amide bonds. The largest absolute Gasteiger partial charge is 0.508 e. The van der Waals surface area contributed by atoms with Crippen LogP contribution in [0.15, 0.2) is 42.0 Å². The maximum atomic E-state index is 9.04. The van der Waals surface area contributed by atoms with Crippen LogP contribution >= 0.6 is 0 Å². The molecule has 0 aliphatic rings. The van der Waals surface area contributed by atoms with Gasteiger partial charge in [0.25, 0.3) is 0 Å². The summed E-state index contributed by atoms with van der Waals surface area (Å²) in [6.45, 7) is 0. The van der Waals surface area contributed by atoms with E-state index in [2.05, 4.69) is 15.2 Å². The molecule has 0 unspecified atom stereocenters. The lowest BCUT2D eigenvalue weighted by Gasteiger charge is -1.93. The molecule has 5 nitrogen and oxygen atoms in total. The zero-order chi connectivity index (χ0) is 9.80. The van der Waals surface area contributed by atoms with Crippen molar-refractivity contribution in [3.05, 3.63) is 42.5 Å². The second-order valence-corrected chi connectivity index (χ2v) is 2.65. The first-order valence-electron chi connectivity index (χ1n) is 4.02. The Hall–Kier alpha value is -2.17. The van der Waals surface area contributed by atoms with Gasteiger partial charge in [0.1, 0.15) is 18.4 Å². The standard InChI is InChI=1S/C9H8N4O/c14-9-3-1-8(2-4-9)5-11-13-7-10-6-12-13/h1-7,14H. The highest BCUT2D eigenvalue weighted by Crippen LogP contribution is 2.07. The van der Waals surface area contributed by atoms with Crippen LogP contribution in [0.4, 0.5) is 0 Å². The lowest BCUT2D eigenvalue weighted by Crippen LogP contribution is -1.90. The van der Waals surface area contributed by atoms with Gasteiger partial charge < -0.3 is 5.11 Å². The van der Waals surface area contributed by atoms with E-state index in [9.17, 15) is 0 Å². The first-order chi connectivity index (χ1) is 6.84. The highest BCUT2D eigenvalue weighted by atomic mass is 16.3. The number of rotatable bonds is 2. The Morgan fingerprint density at radius 2 is 2.07 bits per heavy atom. The molecule has 0 spiro atoms. The van der Waals surface area contributed by atoms with Gasteiger partial charge in [-0.3, -0.25) is 0 Å². The van der Waals surface area contributed by atoms with Gasteiger partial charge >= 0.3 is 0 Å². The highest BCUT2D eigenvalue weighted by Gasteiger charge is 1.89. The third-order valence-corrected chi connectivity index (χ3v) is 1.62. The SMILES string of the molecule is Oc1ccc(C=Nn2cncn2)cc1. The summed E-state index contributed by atoms with van der Waals surface area (Å²) in [4.78, 5) is 5.10. The first kappa shape index (κ1) is 8.43. The summed E-state index contributed by atoms with van der Waals surface area (Å²) < 4.78 is 0. The van der Waals surface area contributed by atoms with Crippen molar-refractivity contribution in [2.75, 3.05) is 0 Å². The molecule has 1 heterocycles. The van der Waals surface area contributed by atoms with Crippen molar-refractivity contribution in [2.24, 2.45) is 5.10 Å². The van der Waals surface area contributed by atoms with Gasteiger partial charge in [0.05, 0.1) is 6.21 Å². The second-order valence-electron chi connectivity index (χ2n) is 2.65. The van der Waals surface area contributed by atoms with E-state index < -0.39 is 0 Å². The van der Waals surface area contributed by atoms with E-state index in [4.69, 9.17) is 5.11 Å². The molecule has 0 bridgehead atoms. The number of phenolic OH excluding ortho intramolecular Hbond substituents is 1. The minimum atomic E-state index is 0.239. The van der Waals surface area contributed by atoms with Crippen LogP contribution in [-0.2, 0) is 0 Å². The maximum Gasteiger partial charge on any atom is 0.139 e. The quantitative estimate of drug-likeness (QED) is 0.711. The molecule has 70 valence electrons. The molecule has 5 heteroatoms. The number of aromatic nitrogens is 3.